The van der Waals surface area contributed by atoms with E-state index in [1.807, 2.05) is 18.2 Å². The lowest BCUT2D eigenvalue weighted by atomic mass is 10.1. The molecule has 6 heteroatoms. The summed E-state index contributed by atoms with van der Waals surface area (Å²) in [4.78, 5) is 14.5. The number of benzene rings is 2. The Hall–Kier alpha value is -2.08. The lowest BCUT2D eigenvalue weighted by molar-refractivity contribution is -0.0292. The maximum Gasteiger partial charge on any atom is 0.251 e. The molecule has 25 heavy (non-hydrogen) atoms. The quantitative estimate of drug-likeness (QED) is 0.860. The van der Waals surface area contributed by atoms with E-state index in [2.05, 4.69) is 22.3 Å². The Balaban J connectivity index is 1.50. The summed E-state index contributed by atoms with van der Waals surface area (Å²) in [6, 6.07) is 14.7. The van der Waals surface area contributed by atoms with Crippen LogP contribution in [0.25, 0.3) is 0 Å². The molecule has 0 bridgehead atoms. The smallest absolute Gasteiger partial charge is 0.251 e. The average molecular weight is 361 g/mol. The fourth-order valence-corrected chi connectivity index (χ4v) is 3.03. The number of carbonyl (C=O) groups excluding carboxylic acids is 1. The van der Waals surface area contributed by atoms with Crippen molar-refractivity contribution in [1.29, 1.82) is 0 Å². The molecule has 132 valence electrons. The zero-order chi connectivity index (χ0) is 17.6. The molecule has 0 aromatic heterocycles. The van der Waals surface area contributed by atoms with Crippen LogP contribution in [0.1, 0.15) is 15.9 Å². The number of nitrogens with one attached hydrogen (secondary N) is 1. The molecule has 0 spiro atoms. The Morgan fingerprint density at radius 2 is 2.08 bits per heavy atom. The molecule has 1 saturated heterocycles. The van der Waals surface area contributed by atoms with E-state index in [4.69, 9.17) is 16.3 Å². The highest BCUT2D eigenvalue weighted by molar-refractivity contribution is 6.32. The maximum absolute atomic E-state index is 12.2. The number of morpholine rings is 1. The van der Waals surface area contributed by atoms with Gasteiger partial charge in [0.2, 0.25) is 0 Å². The zero-order valence-corrected chi connectivity index (χ0v) is 14.6. The Labute approximate surface area is 152 Å². The molecule has 3 rings (SSSR count). The molecule has 0 saturated carbocycles. The first-order valence-corrected chi connectivity index (χ1v) is 8.64. The van der Waals surface area contributed by atoms with E-state index in [1.54, 1.807) is 6.07 Å². The van der Waals surface area contributed by atoms with Gasteiger partial charge in [0.15, 0.2) is 0 Å². The largest absolute Gasteiger partial charge is 0.506 e. The monoisotopic (exact) mass is 360 g/mol. The highest BCUT2D eigenvalue weighted by Gasteiger charge is 2.21. The molecular weight excluding hydrogens is 340 g/mol. The third kappa shape index (κ3) is 4.95. The molecule has 0 unspecified atom stereocenters. The van der Waals surface area contributed by atoms with E-state index >= 15 is 0 Å². The molecule has 2 aromatic rings. The van der Waals surface area contributed by atoms with Crippen LogP contribution in [0.5, 0.6) is 5.75 Å². The number of amides is 1. The summed E-state index contributed by atoms with van der Waals surface area (Å²) in [6.45, 7) is 3.61. The van der Waals surface area contributed by atoms with Gasteiger partial charge in [-0.3, -0.25) is 9.69 Å². The number of carbonyl (C=O) groups is 1. The van der Waals surface area contributed by atoms with Gasteiger partial charge >= 0.3 is 0 Å². The van der Waals surface area contributed by atoms with Crippen molar-refractivity contribution >= 4 is 17.5 Å². The van der Waals surface area contributed by atoms with Crippen LogP contribution >= 0.6 is 11.6 Å². The Kier molecular flexibility index (Phi) is 5.91. The summed E-state index contributed by atoms with van der Waals surface area (Å²) >= 11 is 5.84. The summed E-state index contributed by atoms with van der Waals surface area (Å²) < 4.78 is 5.75. The van der Waals surface area contributed by atoms with Gasteiger partial charge in [-0.05, 0) is 23.8 Å². The van der Waals surface area contributed by atoms with Crippen molar-refractivity contribution < 1.29 is 14.6 Å². The Morgan fingerprint density at radius 3 is 2.84 bits per heavy atom. The van der Waals surface area contributed by atoms with Crippen LogP contribution in [0.3, 0.4) is 0 Å². The van der Waals surface area contributed by atoms with Gasteiger partial charge < -0.3 is 15.2 Å². The van der Waals surface area contributed by atoms with Crippen LogP contribution in [-0.2, 0) is 11.3 Å². The summed E-state index contributed by atoms with van der Waals surface area (Å²) in [6.07, 6.45) is -0.0472. The molecule has 0 aliphatic carbocycles. The van der Waals surface area contributed by atoms with Crippen LogP contribution < -0.4 is 5.32 Å². The predicted octanol–water partition coefficient (Wildman–Crippen LogP) is 2.68. The number of rotatable bonds is 5. The fourth-order valence-electron chi connectivity index (χ4n) is 2.85. The molecule has 1 heterocycles. The first-order valence-electron chi connectivity index (χ1n) is 8.26. The van der Waals surface area contributed by atoms with Gasteiger partial charge in [-0.25, -0.2) is 0 Å². The van der Waals surface area contributed by atoms with Crippen molar-refractivity contribution in [3.05, 3.63) is 64.7 Å². The molecule has 0 radical (unpaired) electrons. The summed E-state index contributed by atoms with van der Waals surface area (Å²) in [5.41, 5.74) is 1.69. The molecule has 1 fully saturated rings. The fraction of sp³-hybridized carbons (Fsp3) is 0.316. The molecule has 1 aliphatic heterocycles. The number of phenols is 1. The number of halogens is 1. The van der Waals surface area contributed by atoms with Crippen LogP contribution in [-0.4, -0.2) is 48.3 Å². The van der Waals surface area contributed by atoms with E-state index in [9.17, 15) is 9.90 Å². The second kappa shape index (κ2) is 8.34. The molecule has 1 amide bonds. The van der Waals surface area contributed by atoms with Crippen molar-refractivity contribution in [2.45, 2.75) is 12.6 Å². The third-order valence-corrected chi connectivity index (χ3v) is 4.47. The van der Waals surface area contributed by atoms with E-state index in [0.29, 0.717) is 18.7 Å². The van der Waals surface area contributed by atoms with Gasteiger partial charge in [0.05, 0.1) is 17.7 Å². The topological polar surface area (TPSA) is 61.8 Å². The summed E-state index contributed by atoms with van der Waals surface area (Å²) in [5, 5.41) is 12.5. The molecule has 2 aromatic carbocycles. The van der Waals surface area contributed by atoms with Crippen molar-refractivity contribution in [3.8, 4) is 5.75 Å². The highest BCUT2D eigenvalue weighted by Crippen LogP contribution is 2.23. The minimum Gasteiger partial charge on any atom is -0.506 e. The van der Waals surface area contributed by atoms with E-state index in [1.165, 1.54) is 17.7 Å². The van der Waals surface area contributed by atoms with Gasteiger partial charge in [0, 0.05) is 31.7 Å². The lowest BCUT2D eigenvalue weighted by Gasteiger charge is -2.33. The van der Waals surface area contributed by atoms with Crippen molar-refractivity contribution in [2.24, 2.45) is 0 Å². The first kappa shape index (κ1) is 17.7. The second-order valence-corrected chi connectivity index (χ2v) is 6.50. The normalized spacial score (nSPS) is 18.0. The summed E-state index contributed by atoms with van der Waals surface area (Å²) in [5.74, 6) is -0.268. The van der Waals surface area contributed by atoms with Crippen molar-refractivity contribution in [1.82, 2.24) is 10.2 Å². The number of hydrogen-bond donors (Lipinski definition) is 2. The van der Waals surface area contributed by atoms with Gasteiger partial charge in [-0.2, -0.15) is 0 Å². The van der Waals surface area contributed by atoms with Crippen molar-refractivity contribution in [3.63, 3.8) is 0 Å². The molecule has 1 aliphatic rings. The van der Waals surface area contributed by atoms with E-state index < -0.39 is 0 Å². The molecule has 1 atom stereocenters. The summed E-state index contributed by atoms with van der Waals surface area (Å²) in [7, 11) is 0. The number of phenolic OH excluding ortho intramolecular Hbond substituents is 1. The Morgan fingerprint density at radius 1 is 1.28 bits per heavy atom. The third-order valence-electron chi connectivity index (χ3n) is 4.17. The maximum atomic E-state index is 12.2. The predicted molar refractivity (Wildman–Crippen MR) is 96.9 cm³/mol. The average Bonchev–Trinajstić information content (AvgIpc) is 2.63. The number of nitrogens with zero attached hydrogens (tertiary/aromatic N) is 1. The number of ether oxygens (including phenoxy) is 1. The molecular formula is C19H21ClN2O3. The first-order chi connectivity index (χ1) is 12.1. The van der Waals surface area contributed by atoms with Crippen LogP contribution in [0, 0.1) is 0 Å². The van der Waals surface area contributed by atoms with Crippen molar-refractivity contribution in [2.75, 3.05) is 26.2 Å². The van der Waals surface area contributed by atoms with E-state index in [0.717, 1.165) is 19.6 Å². The minimum absolute atomic E-state index is 0.0367. The Bertz CT molecular complexity index is 724. The molecule has 2 N–H and O–H groups in total. The van der Waals surface area contributed by atoms with Gasteiger partial charge in [-0.15, -0.1) is 0 Å². The van der Waals surface area contributed by atoms with Gasteiger partial charge in [-0.1, -0.05) is 41.9 Å². The molecule has 5 nitrogen and oxygen atoms in total. The van der Waals surface area contributed by atoms with Crippen LogP contribution in [0.4, 0.5) is 0 Å². The van der Waals surface area contributed by atoms with Gasteiger partial charge in [0.25, 0.3) is 5.91 Å². The minimum atomic E-state index is -0.231. The standard InChI is InChI=1S/C19H21ClN2O3/c20-17-10-15(6-7-18(17)23)19(24)21-11-16-13-22(8-9-25-16)12-14-4-2-1-3-5-14/h1-7,10,16,23H,8-9,11-13H2,(H,21,24)/t16-/m0/s1. The number of aromatic hydroxyl groups is 1. The SMILES string of the molecule is O=C(NC[C@H]1CN(Cc2ccccc2)CCO1)c1ccc(O)c(Cl)c1. The number of hydrogen-bond acceptors (Lipinski definition) is 4. The zero-order valence-electron chi connectivity index (χ0n) is 13.8. The highest BCUT2D eigenvalue weighted by atomic mass is 35.5. The second-order valence-electron chi connectivity index (χ2n) is 6.09. The van der Waals surface area contributed by atoms with Crippen LogP contribution in [0.15, 0.2) is 48.5 Å². The van der Waals surface area contributed by atoms with Crippen LogP contribution in [0.2, 0.25) is 5.02 Å². The van der Waals surface area contributed by atoms with Gasteiger partial charge in [0.1, 0.15) is 5.75 Å². The van der Waals surface area contributed by atoms with E-state index in [-0.39, 0.29) is 22.8 Å². The lowest BCUT2D eigenvalue weighted by Crippen LogP contribution is -2.47.